The molecule has 0 saturated carbocycles. The average molecular weight is 535 g/mol. The summed E-state index contributed by atoms with van der Waals surface area (Å²) in [6.45, 7) is 10.1. The standard InChI is InChI=1S/C20H33N5O4.HI/c1-7-20(8-2,24-18(26)29-19(3,4)5)14-23-17(21-6)22-13-15-11-9-10-12-16(15)25(27)28;/h9-12H,7-8,13-14H2,1-6H3,(H,24,26)(H2,21,22,23);1H. The van der Waals surface area contributed by atoms with Crippen molar-refractivity contribution in [2.75, 3.05) is 13.6 Å². The lowest BCUT2D eigenvalue weighted by Crippen LogP contribution is -2.57. The summed E-state index contributed by atoms with van der Waals surface area (Å²) in [5, 5.41) is 20.4. The Morgan fingerprint density at radius 2 is 1.77 bits per heavy atom. The second-order valence-electron chi connectivity index (χ2n) is 7.78. The van der Waals surface area contributed by atoms with Gasteiger partial charge in [-0.2, -0.15) is 0 Å². The topological polar surface area (TPSA) is 118 Å². The molecule has 0 heterocycles. The van der Waals surface area contributed by atoms with Crippen LogP contribution in [-0.4, -0.2) is 41.7 Å². The molecule has 0 radical (unpaired) electrons. The Kier molecular flexibility index (Phi) is 11.7. The summed E-state index contributed by atoms with van der Waals surface area (Å²) in [5.74, 6) is 0.486. The number of nitro benzene ring substituents is 1. The molecule has 1 rings (SSSR count). The molecule has 0 bridgehead atoms. The molecule has 1 amide bonds. The fraction of sp³-hybridized carbons (Fsp3) is 0.600. The largest absolute Gasteiger partial charge is 0.444 e. The number of nitro groups is 1. The fourth-order valence-corrected chi connectivity index (χ4v) is 2.73. The van der Waals surface area contributed by atoms with Gasteiger partial charge in [-0.15, -0.1) is 24.0 Å². The Bertz CT molecular complexity index is 730. The van der Waals surface area contributed by atoms with Gasteiger partial charge in [0.05, 0.1) is 10.5 Å². The van der Waals surface area contributed by atoms with Gasteiger partial charge in [0, 0.05) is 31.8 Å². The van der Waals surface area contributed by atoms with E-state index in [1.54, 1.807) is 25.2 Å². The number of hydrogen-bond donors (Lipinski definition) is 3. The minimum atomic E-state index is -0.577. The van der Waals surface area contributed by atoms with Crippen LogP contribution in [0.1, 0.15) is 53.0 Å². The SMILES string of the molecule is CCC(CC)(CNC(=NC)NCc1ccccc1[N+](=O)[O-])NC(=O)OC(C)(C)C.I. The first-order valence-electron chi connectivity index (χ1n) is 9.73. The van der Waals surface area contributed by atoms with Gasteiger partial charge in [-0.3, -0.25) is 15.1 Å². The van der Waals surface area contributed by atoms with E-state index in [9.17, 15) is 14.9 Å². The Morgan fingerprint density at radius 3 is 2.27 bits per heavy atom. The summed E-state index contributed by atoms with van der Waals surface area (Å²) in [4.78, 5) is 27.2. The molecule has 0 unspecified atom stereocenters. The maximum Gasteiger partial charge on any atom is 0.408 e. The van der Waals surface area contributed by atoms with Gasteiger partial charge in [0.1, 0.15) is 5.60 Å². The summed E-state index contributed by atoms with van der Waals surface area (Å²) in [6.07, 6.45) is 0.916. The van der Waals surface area contributed by atoms with Crippen molar-refractivity contribution in [2.24, 2.45) is 4.99 Å². The number of halogens is 1. The predicted molar refractivity (Wildman–Crippen MR) is 129 cm³/mol. The third-order valence-corrected chi connectivity index (χ3v) is 4.57. The van der Waals surface area contributed by atoms with Crippen LogP contribution < -0.4 is 16.0 Å². The number of aliphatic imine (C=N–C) groups is 1. The molecule has 0 aliphatic rings. The van der Waals surface area contributed by atoms with E-state index >= 15 is 0 Å². The van der Waals surface area contributed by atoms with Crippen LogP contribution in [0, 0.1) is 10.1 Å². The van der Waals surface area contributed by atoms with Crippen LogP contribution in [0.3, 0.4) is 0 Å². The maximum absolute atomic E-state index is 12.2. The van der Waals surface area contributed by atoms with Gasteiger partial charge in [0.15, 0.2) is 5.96 Å². The highest BCUT2D eigenvalue weighted by molar-refractivity contribution is 14.0. The van der Waals surface area contributed by atoms with E-state index in [-0.39, 0.29) is 36.2 Å². The molecule has 0 aliphatic carbocycles. The number of rotatable bonds is 8. The molecule has 0 aliphatic heterocycles. The second kappa shape index (κ2) is 12.6. The number of amides is 1. The molecule has 9 nitrogen and oxygen atoms in total. The monoisotopic (exact) mass is 535 g/mol. The summed E-state index contributed by atoms with van der Waals surface area (Å²) >= 11 is 0. The molecule has 1 aromatic carbocycles. The second-order valence-corrected chi connectivity index (χ2v) is 7.78. The van der Waals surface area contributed by atoms with Crippen LogP contribution in [0.5, 0.6) is 0 Å². The number of nitrogens with zero attached hydrogens (tertiary/aromatic N) is 2. The summed E-state index contributed by atoms with van der Waals surface area (Å²) < 4.78 is 5.38. The minimum Gasteiger partial charge on any atom is -0.444 e. The molecule has 170 valence electrons. The van der Waals surface area contributed by atoms with Crippen LogP contribution in [-0.2, 0) is 11.3 Å². The van der Waals surface area contributed by atoms with Crippen molar-refractivity contribution in [3.05, 3.63) is 39.9 Å². The summed E-state index contributed by atoms with van der Waals surface area (Å²) in [5.41, 5.74) is -0.478. The molecule has 0 spiro atoms. The van der Waals surface area contributed by atoms with Gasteiger partial charge in [-0.05, 0) is 33.6 Å². The molecule has 10 heteroatoms. The first-order valence-corrected chi connectivity index (χ1v) is 9.73. The number of hydrogen-bond acceptors (Lipinski definition) is 5. The van der Waals surface area contributed by atoms with E-state index in [1.165, 1.54) is 6.07 Å². The number of para-hydroxylation sites is 1. The third kappa shape index (κ3) is 9.14. The Balaban J connectivity index is 0.00000841. The van der Waals surface area contributed by atoms with E-state index < -0.39 is 22.2 Å². The van der Waals surface area contributed by atoms with Gasteiger partial charge >= 0.3 is 6.09 Å². The van der Waals surface area contributed by atoms with Crippen LogP contribution in [0.4, 0.5) is 10.5 Å². The predicted octanol–water partition coefficient (Wildman–Crippen LogP) is 3.96. The van der Waals surface area contributed by atoms with Crippen molar-refractivity contribution in [3.63, 3.8) is 0 Å². The summed E-state index contributed by atoms with van der Waals surface area (Å²) in [7, 11) is 1.62. The zero-order valence-electron chi connectivity index (χ0n) is 18.6. The Labute approximate surface area is 195 Å². The van der Waals surface area contributed by atoms with Crippen LogP contribution >= 0.6 is 24.0 Å². The minimum absolute atomic E-state index is 0. The van der Waals surface area contributed by atoms with Gasteiger partial charge in [-0.1, -0.05) is 32.0 Å². The van der Waals surface area contributed by atoms with Crippen molar-refractivity contribution < 1.29 is 14.5 Å². The van der Waals surface area contributed by atoms with Gasteiger partial charge < -0.3 is 20.7 Å². The van der Waals surface area contributed by atoms with Crippen LogP contribution in [0.2, 0.25) is 0 Å². The molecular weight excluding hydrogens is 501 g/mol. The molecule has 0 saturated heterocycles. The number of alkyl carbamates (subject to hydrolysis) is 1. The molecule has 1 aromatic rings. The number of ether oxygens (including phenoxy) is 1. The molecule has 0 aromatic heterocycles. The van der Waals surface area contributed by atoms with Crippen molar-refractivity contribution in [2.45, 2.75) is 65.1 Å². The van der Waals surface area contributed by atoms with E-state index in [1.807, 2.05) is 34.6 Å². The molecule has 30 heavy (non-hydrogen) atoms. The zero-order chi connectivity index (χ0) is 22.1. The maximum atomic E-state index is 12.2. The number of benzene rings is 1. The molecule has 0 atom stereocenters. The highest BCUT2D eigenvalue weighted by Crippen LogP contribution is 2.18. The highest BCUT2D eigenvalue weighted by atomic mass is 127. The third-order valence-electron chi connectivity index (χ3n) is 4.57. The molecular formula is C20H34IN5O4. The first-order chi connectivity index (χ1) is 13.6. The molecule has 3 N–H and O–H groups in total. The zero-order valence-corrected chi connectivity index (χ0v) is 20.9. The number of guanidine groups is 1. The van der Waals surface area contributed by atoms with E-state index in [2.05, 4.69) is 20.9 Å². The smallest absolute Gasteiger partial charge is 0.408 e. The number of carbonyl (C=O) groups is 1. The Morgan fingerprint density at radius 1 is 1.17 bits per heavy atom. The van der Waals surface area contributed by atoms with Crippen molar-refractivity contribution >= 4 is 41.7 Å². The lowest BCUT2D eigenvalue weighted by atomic mass is 9.93. The fourth-order valence-electron chi connectivity index (χ4n) is 2.73. The van der Waals surface area contributed by atoms with Gasteiger partial charge in [0.2, 0.25) is 0 Å². The number of carbonyl (C=O) groups excluding carboxylic acids is 1. The average Bonchev–Trinajstić information content (AvgIpc) is 2.65. The highest BCUT2D eigenvalue weighted by Gasteiger charge is 2.30. The Hall–Kier alpha value is -2.11. The number of nitrogens with one attached hydrogen (secondary N) is 3. The van der Waals surface area contributed by atoms with Crippen LogP contribution in [0.15, 0.2) is 29.3 Å². The van der Waals surface area contributed by atoms with E-state index in [0.29, 0.717) is 30.9 Å². The van der Waals surface area contributed by atoms with Crippen molar-refractivity contribution in [3.8, 4) is 0 Å². The normalized spacial score (nSPS) is 11.9. The van der Waals surface area contributed by atoms with Gasteiger partial charge in [0.25, 0.3) is 5.69 Å². The van der Waals surface area contributed by atoms with E-state index in [0.717, 1.165) is 0 Å². The van der Waals surface area contributed by atoms with Crippen molar-refractivity contribution in [1.82, 2.24) is 16.0 Å². The summed E-state index contributed by atoms with van der Waals surface area (Å²) in [6, 6.07) is 6.56. The van der Waals surface area contributed by atoms with Gasteiger partial charge in [-0.25, -0.2) is 4.79 Å². The van der Waals surface area contributed by atoms with E-state index in [4.69, 9.17) is 4.74 Å². The first kappa shape index (κ1) is 27.9. The lowest BCUT2D eigenvalue weighted by molar-refractivity contribution is -0.385. The quantitative estimate of drug-likeness (QED) is 0.153. The van der Waals surface area contributed by atoms with Crippen LogP contribution in [0.25, 0.3) is 0 Å². The van der Waals surface area contributed by atoms with Crippen molar-refractivity contribution in [1.29, 1.82) is 0 Å². The molecule has 0 fully saturated rings. The lowest BCUT2D eigenvalue weighted by Gasteiger charge is -2.34.